The van der Waals surface area contributed by atoms with E-state index in [0.29, 0.717) is 22.3 Å². The van der Waals surface area contributed by atoms with Gasteiger partial charge in [0.05, 0.1) is 35.6 Å². The molecule has 0 atom stereocenters. The minimum atomic E-state index is -1.25. The zero-order valence-electron chi connectivity index (χ0n) is 10.8. The Balaban J connectivity index is 2.64. The van der Waals surface area contributed by atoms with Gasteiger partial charge in [-0.05, 0) is 13.8 Å². The van der Waals surface area contributed by atoms with Crippen molar-refractivity contribution in [3.05, 3.63) is 27.1 Å². The van der Waals surface area contributed by atoms with E-state index in [1.165, 1.54) is 11.2 Å². The third-order valence-corrected chi connectivity index (χ3v) is 4.33. The molecule has 7 heteroatoms. The molecule has 0 fully saturated rings. The highest BCUT2D eigenvalue weighted by Crippen LogP contribution is 2.26. The maximum Gasteiger partial charge on any atom is 0.259 e. The topological polar surface area (TPSA) is 90.3 Å². The number of quaternary nitrogens is 1. The molecule has 0 aliphatic rings. The molecule has 0 saturated carbocycles. The van der Waals surface area contributed by atoms with Crippen molar-refractivity contribution in [1.82, 2.24) is 9.97 Å². The summed E-state index contributed by atoms with van der Waals surface area (Å²) in [6.45, 7) is 6.26. The summed E-state index contributed by atoms with van der Waals surface area (Å²) in [7, 11) is 0. The number of aromatic nitrogens is 2. The van der Waals surface area contributed by atoms with Gasteiger partial charge in [-0.1, -0.05) is 0 Å². The molecule has 0 bridgehead atoms. The molecule has 0 aliphatic heterocycles. The largest absolute Gasteiger partial charge is 0.544 e. The fourth-order valence-corrected chi connectivity index (χ4v) is 3.08. The lowest BCUT2D eigenvalue weighted by Crippen LogP contribution is -3.10. The number of H-pyrrole nitrogens is 1. The maximum absolute atomic E-state index is 11.9. The molecular weight excluding hydrogens is 266 g/mol. The number of nitrogens with zero attached hydrogens (tertiary/aromatic N) is 1. The number of rotatable bonds is 5. The first-order chi connectivity index (χ1) is 9.08. The molecule has 6 nitrogen and oxygen atoms in total. The van der Waals surface area contributed by atoms with Crippen LogP contribution in [-0.2, 0) is 6.54 Å². The van der Waals surface area contributed by atoms with Crippen LogP contribution < -0.4 is 15.6 Å². The van der Waals surface area contributed by atoms with Crippen molar-refractivity contribution in [2.75, 3.05) is 13.1 Å². The summed E-state index contributed by atoms with van der Waals surface area (Å²) in [5.41, 5.74) is 0.239. The van der Waals surface area contributed by atoms with Gasteiger partial charge in [0, 0.05) is 5.56 Å². The predicted octanol–water partition coefficient (Wildman–Crippen LogP) is -1.23. The van der Waals surface area contributed by atoms with Gasteiger partial charge in [-0.3, -0.25) is 4.79 Å². The number of hydrogen-bond donors (Lipinski definition) is 2. The number of carbonyl (C=O) groups excluding carboxylic acids is 1. The van der Waals surface area contributed by atoms with Crippen LogP contribution in [0.2, 0.25) is 0 Å². The van der Waals surface area contributed by atoms with Crippen LogP contribution in [0.3, 0.4) is 0 Å². The maximum atomic E-state index is 11.9. The number of carboxylic acid groups (broad SMARTS) is 1. The number of aromatic carboxylic acids is 1. The third kappa shape index (κ3) is 2.52. The van der Waals surface area contributed by atoms with Crippen LogP contribution in [0.5, 0.6) is 0 Å². The lowest BCUT2D eigenvalue weighted by molar-refractivity contribution is -0.910. The Labute approximate surface area is 113 Å². The van der Waals surface area contributed by atoms with Crippen molar-refractivity contribution in [3.8, 4) is 0 Å². The van der Waals surface area contributed by atoms with E-state index in [0.717, 1.165) is 24.4 Å². The molecule has 0 aromatic carbocycles. The zero-order chi connectivity index (χ0) is 14.0. The second kappa shape index (κ2) is 5.50. The van der Waals surface area contributed by atoms with Crippen molar-refractivity contribution >= 4 is 27.5 Å². The van der Waals surface area contributed by atoms with Crippen LogP contribution in [0.1, 0.15) is 29.1 Å². The monoisotopic (exact) mass is 281 g/mol. The fraction of sp³-hybridized carbons (Fsp3) is 0.417. The molecule has 2 heterocycles. The van der Waals surface area contributed by atoms with E-state index in [4.69, 9.17) is 0 Å². The fourth-order valence-electron chi connectivity index (χ4n) is 2.08. The van der Waals surface area contributed by atoms with E-state index < -0.39 is 5.97 Å². The standard InChI is InChI=1S/C12H15N3O3S/c1-3-15(4-2)5-7-8-10(16)13-6-14-11(8)19-9(7)12(17)18/h6H,3-5H2,1-2H3,(H,17,18)(H,13,14,16). The van der Waals surface area contributed by atoms with E-state index in [1.807, 2.05) is 13.8 Å². The normalized spacial score (nSPS) is 11.3. The third-order valence-electron chi connectivity index (χ3n) is 3.21. The number of nitrogens with one attached hydrogen (secondary N) is 2. The molecule has 0 aliphatic carbocycles. The van der Waals surface area contributed by atoms with Crippen LogP contribution in [0.15, 0.2) is 11.1 Å². The van der Waals surface area contributed by atoms with Gasteiger partial charge in [0.1, 0.15) is 11.4 Å². The van der Waals surface area contributed by atoms with Gasteiger partial charge in [-0.15, -0.1) is 11.3 Å². The number of fused-ring (bicyclic) bond motifs is 1. The number of thiophene rings is 1. The molecule has 0 saturated heterocycles. The molecule has 0 amide bonds. The highest BCUT2D eigenvalue weighted by Gasteiger charge is 2.20. The summed E-state index contributed by atoms with van der Waals surface area (Å²) >= 11 is 1.00. The molecule has 0 spiro atoms. The van der Waals surface area contributed by atoms with E-state index in [-0.39, 0.29) is 10.4 Å². The molecule has 2 rings (SSSR count). The molecule has 2 aromatic rings. The van der Waals surface area contributed by atoms with Crippen LogP contribution in [0, 0.1) is 0 Å². The van der Waals surface area contributed by atoms with Crippen molar-refractivity contribution in [2.45, 2.75) is 20.4 Å². The summed E-state index contributed by atoms with van der Waals surface area (Å²) < 4.78 is 0. The van der Waals surface area contributed by atoms with Crippen LogP contribution in [-0.4, -0.2) is 29.0 Å². The first-order valence-corrected chi connectivity index (χ1v) is 6.94. The van der Waals surface area contributed by atoms with Crippen molar-refractivity contribution in [2.24, 2.45) is 0 Å². The van der Waals surface area contributed by atoms with E-state index in [1.54, 1.807) is 0 Å². The van der Waals surface area contributed by atoms with Gasteiger partial charge in [-0.2, -0.15) is 0 Å². The average molecular weight is 281 g/mol. The van der Waals surface area contributed by atoms with Gasteiger partial charge < -0.3 is 19.8 Å². The number of hydrogen-bond acceptors (Lipinski definition) is 5. The minimum absolute atomic E-state index is 0.110. The molecule has 2 N–H and O–H groups in total. The lowest BCUT2D eigenvalue weighted by Gasteiger charge is -2.16. The second-order valence-electron chi connectivity index (χ2n) is 4.24. The van der Waals surface area contributed by atoms with Crippen LogP contribution in [0.25, 0.3) is 10.2 Å². The molecule has 0 radical (unpaired) electrons. The van der Waals surface area contributed by atoms with Crippen molar-refractivity contribution in [1.29, 1.82) is 0 Å². The first-order valence-electron chi connectivity index (χ1n) is 6.12. The van der Waals surface area contributed by atoms with Crippen molar-refractivity contribution < 1.29 is 14.8 Å². The molecule has 0 unspecified atom stereocenters. The quantitative estimate of drug-likeness (QED) is 0.718. The summed E-state index contributed by atoms with van der Waals surface area (Å²) in [4.78, 5) is 31.4. The van der Waals surface area contributed by atoms with E-state index >= 15 is 0 Å². The Bertz CT molecular complexity index is 658. The molecule has 2 aromatic heterocycles. The highest BCUT2D eigenvalue weighted by atomic mass is 32.1. The molecular formula is C12H15N3O3S. The minimum Gasteiger partial charge on any atom is -0.544 e. The summed E-state index contributed by atoms with van der Waals surface area (Å²) in [6, 6.07) is 0. The highest BCUT2D eigenvalue weighted by molar-refractivity contribution is 7.20. The Morgan fingerprint density at radius 1 is 1.47 bits per heavy atom. The Kier molecular flexibility index (Phi) is 3.96. The van der Waals surface area contributed by atoms with Gasteiger partial charge in [0.2, 0.25) is 0 Å². The first kappa shape index (κ1) is 13.7. The van der Waals surface area contributed by atoms with Gasteiger partial charge in [0.15, 0.2) is 0 Å². The predicted molar refractivity (Wildman–Crippen MR) is 70.3 cm³/mol. The zero-order valence-corrected chi connectivity index (χ0v) is 11.6. The van der Waals surface area contributed by atoms with Gasteiger partial charge in [-0.25, -0.2) is 4.98 Å². The SMILES string of the molecule is CC[NH+](CC)Cc1c(C(=O)[O-])sc2nc[nH]c(=O)c12. The van der Waals surface area contributed by atoms with E-state index in [2.05, 4.69) is 9.97 Å². The Morgan fingerprint density at radius 2 is 2.16 bits per heavy atom. The summed E-state index contributed by atoms with van der Waals surface area (Å²) in [5.74, 6) is -1.25. The summed E-state index contributed by atoms with van der Waals surface area (Å²) in [6.07, 6.45) is 1.29. The Morgan fingerprint density at radius 3 is 2.74 bits per heavy atom. The summed E-state index contributed by atoms with van der Waals surface area (Å²) in [5, 5.41) is 11.6. The van der Waals surface area contributed by atoms with Crippen molar-refractivity contribution in [3.63, 3.8) is 0 Å². The van der Waals surface area contributed by atoms with Gasteiger partial charge >= 0.3 is 0 Å². The second-order valence-corrected chi connectivity index (χ2v) is 5.24. The lowest BCUT2D eigenvalue weighted by atomic mass is 10.1. The van der Waals surface area contributed by atoms with Crippen LogP contribution in [0.4, 0.5) is 0 Å². The number of carbonyl (C=O) groups is 1. The molecule has 19 heavy (non-hydrogen) atoms. The van der Waals surface area contributed by atoms with Gasteiger partial charge in [0.25, 0.3) is 5.56 Å². The number of aromatic amines is 1. The van der Waals surface area contributed by atoms with Crippen LogP contribution >= 0.6 is 11.3 Å². The Hall–Kier alpha value is -1.73. The smallest absolute Gasteiger partial charge is 0.259 e. The average Bonchev–Trinajstić information content (AvgIpc) is 2.76. The van der Waals surface area contributed by atoms with E-state index in [9.17, 15) is 14.7 Å². The molecule has 102 valence electrons. The number of carboxylic acids is 1.